The monoisotopic (exact) mass is 241 g/mol. The zero-order valence-corrected chi connectivity index (χ0v) is 9.86. The van der Waals surface area contributed by atoms with Gasteiger partial charge in [-0.1, -0.05) is 30.3 Å². The van der Waals surface area contributed by atoms with Gasteiger partial charge in [-0.2, -0.15) is 0 Å². The second kappa shape index (κ2) is 4.30. The molecule has 0 amide bonds. The number of rotatable bonds is 2. The van der Waals surface area contributed by atoms with E-state index in [1.54, 1.807) is 12.1 Å². The van der Waals surface area contributed by atoms with Crippen molar-refractivity contribution in [3.63, 3.8) is 0 Å². The van der Waals surface area contributed by atoms with Crippen molar-refractivity contribution in [3.05, 3.63) is 35.9 Å². The van der Waals surface area contributed by atoms with E-state index in [-0.39, 0.29) is 0 Å². The quantitative estimate of drug-likeness (QED) is 0.690. The molecule has 1 aliphatic rings. The molecule has 0 radical (unpaired) electrons. The van der Waals surface area contributed by atoms with Crippen molar-refractivity contribution in [2.45, 2.75) is 24.5 Å². The second-order valence-corrected chi connectivity index (χ2v) is 6.01. The van der Waals surface area contributed by atoms with Crippen LogP contribution < -0.4 is 5.32 Å². The maximum Gasteiger partial charge on any atom is 0.349 e. The summed E-state index contributed by atoms with van der Waals surface area (Å²) in [5.41, 5.74) is 0.683. The lowest BCUT2D eigenvalue weighted by molar-refractivity contribution is 0.261. The van der Waals surface area contributed by atoms with E-state index < -0.39 is 12.9 Å². The zero-order chi connectivity index (χ0) is 11.6. The summed E-state index contributed by atoms with van der Waals surface area (Å²) in [7, 11) is -4.21. The molecule has 1 unspecified atom stereocenters. The predicted molar refractivity (Wildman–Crippen MR) is 62.0 cm³/mol. The van der Waals surface area contributed by atoms with Crippen LogP contribution in [-0.4, -0.2) is 16.3 Å². The minimum Gasteiger partial charge on any atom is -0.323 e. The Morgan fingerprint density at radius 1 is 1.19 bits per heavy atom. The molecule has 1 atom stereocenters. The fraction of sp³-hybridized carbons (Fsp3) is 0.455. The first kappa shape index (κ1) is 11.8. The lowest BCUT2D eigenvalue weighted by Gasteiger charge is -2.38. The maximum atomic E-state index is 11.7. The van der Waals surface area contributed by atoms with Crippen molar-refractivity contribution in [2.24, 2.45) is 0 Å². The van der Waals surface area contributed by atoms with Gasteiger partial charge in [0, 0.05) is 0 Å². The summed E-state index contributed by atoms with van der Waals surface area (Å²) in [5, 5.41) is 1.85. The number of piperidine rings is 1. The summed E-state index contributed by atoms with van der Waals surface area (Å²) in [6, 6.07) is 9.01. The number of benzene rings is 1. The van der Waals surface area contributed by atoms with E-state index in [9.17, 15) is 14.4 Å². The molecule has 88 valence electrons. The summed E-state index contributed by atoms with van der Waals surface area (Å²) in [5.74, 6) is 0. The van der Waals surface area contributed by atoms with Crippen LogP contribution in [0.5, 0.6) is 0 Å². The Labute approximate surface area is 94.9 Å². The topological polar surface area (TPSA) is 69.6 Å². The van der Waals surface area contributed by atoms with E-state index in [4.69, 9.17) is 0 Å². The second-order valence-electron chi connectivity index (χ2n) is 4.15. The molecule has 0 bridgehead atoms. The summed E-state index contributed by atoms with van der Waals surface area (Å²) in [6.07, 6.45) is 2.29. The van der Waals surface area contributed by atoms with Gasteiger partial charge in [0.15, 0.2) is 0 Å². The molecule has 4 nitrogen and oxygen atoms in total. The minimum absolute atomic E-state index is 0.487. The van der Waals surface area contributed by atoms with E-state index in [1.807, 2.05) is 18.2 Å². The Kier molecular flexibility index (Phi) is 3.17. The fourth-order valence-electron chi connectivity index (χ4n) is 2.27. The molecule has 0 aliphatic carbocycles. The Morgan fingerprint density at radius 3 is 2.38 bits per heavy atom. The minimum atomic E-state index is -4.21. The lowest BCUT2D eigenvalue weighted by atomic mass is 9.97. The fourth-order valence-corrected chi connectivity index (χ4v) is 3.52. The molecule has 1 aromatic carbocycles. The third-order valence-corrected chi connectivity index (χ3v) is 4.77. The van der Waals surface area contributed by atoms with Gasteiger partial charge < -0.3 is 9.79 Å². The molecule has 1 heterocycles. The van der Waals surface area contributed by atoms with Crippen LogP contribution in [0.4, 0.5) is 0 Å². The molecule has 3 N–H and O–H groups in total. The number of hydrogen-bond acceptors (Lipinski definition) is 2. The first-order valence-electron chi connectivity index (χ1n) is 5.42. The van der Waals surface area contributed by atoms with Crippen molar-refractivity contribution in [2.75, 3.05) is 6.54 Å². The van der Waals surface area contributed by atoms with Crippen LogP contribution in [0.15, 0.2) is 30.3 Å². The van der Waals surface area contributed by atoms with E-state index in [1.165, 1.54) is 0 Å². The molecule has 0 spiro atoms. The van der Waals surface area contributed by atoms with Gasteiger partial charge >= 0.3 is 7.60 Å². The average molecular weight is 241 g/mol. The molecule has 1 aromatic rings. The van der Waals surface area contributed by atoms with Crippen molar-refractivity contribution in [1.29, 1.82) is 0 Å². The summed E-state index contributed by atoms with van der Waals surface area (Å²) >= 11 is 0. The summed E-state index contributed by atoms with van der Waals surface area (Å²) in [6.45, 7) is 0.653. The van der Waals surface area contributed by atoms with Gasteiger partial charge in [-0.3, -0.25) is 9.88 Å². The molecule has 5 heteroatoms. The van der Waals surface area contributed by atoms with Crippen LogP contribution in [0.25, 0.3) is 0 Å². The predicted octanol–water partition coefficient (Wildman–Crippen LogP) is 1.79. The highest BCUT2D eigenvalue weighted by Crippen LogP contribution is 2.58. The van der Waals surface area contributed by atoms with Crippen LogP contribution in [0, 0.1) is 0 Å². The number of hydrogen-bond donors (Lipinski definition) is 3. The Bertz CT molecular complexity index is 395. The Hall–Kier alpha value is -0.670. The summed E-state index contributed by atoms with van der Waals surface area (Å²) in [4.78, 5) is 19.2. The van der Waals surface area contributed by atoms with Crippen LogP contribution in [0.3, 0.4) is 0 Å². The largest absolute Gasteiger partial charge is 0.349 e. The molecule has 1 saturated heterocycles. The molecular weight excluding hydrogens is 225 g/mol. The van der Waals surface area contributed by atoms with Crippen molar-refractivity contribution in [3.8, 4) is 0 Å². The Morgan fingerprint density at radius 2 is 1.88 bits per heavy atom. The molecule has 16 heavy (non-hydrogen) atoms. The van der Waals surface area contributed by atoms with E-state index in [0.29, 0.717) is 18.5 Å². The van der Waals surface area contributed by atoms with Gasteiger partial charge in [-0.05, 0) is 31.4 Å². The van der Waals surface area contributed by atoms with E-state index >= 15 is 0 Å². The standard InChI is InChI=1S/C11H16NO3P/c13-16(14,15)11(8-4-5-9-12-11)10-6-2-1-3-7-10/h1-3,6-7,12H,4-5,8-9H2,(H2,13,14,15). The SMILES string of the molecule is O=P(O)(O)C1(c2ccccc2)CCCCN1. The van der Waals surface area contributed by atoms with Crippen molar-refractivity contribution in [1.82, 2.24) is 5.32 Å². The average Bonchev–Trinajstić information content (AvgIpc) is 2.30. The highest BCUT2D eigenvalue weighted by atomic mass is 31.2. The normalized spacial score (nSPS) is 26.6. The smallest absolute Gasteiger partial charge is 0.323 e. The first-order chi connectivity index (χ1) is 7.56. The first-order valence-corrected chi connectivity index (χ1v) is 7.04. The van der Waals surface area contributed by atoms with Gasteiger partial charge in [0.1, 0.15) is 5.28 Å². The van der Waals surface area contributed by atoms with Crippen LogP contribution >= 0.6 is 7.60 Å². The highest BCUT2D eigenvalue weighted by Gasteiger charge is 2.48. The molecule has 1 aliphatic heterocycles. The highest BCUT2D eigenvalue weighted by molar-refractivity contribution is 7.53. The number of nitrogens with one attached hydrogen (secondary N) is 1. The van der Waals surface area contributed by atoms with E-state index in [2.05, 4.69) is 5.32 Å². The third kappa shape index (κ3) is 1.94. The molecule has 2 rings (SSSR count). The van der Waals surface area contributed by atoms with Crippen molar-refractivity contribution >= 4 is 7.60 Å². The molecular formula is C11H16NO3P. The van der Waals surface area contributed by atoms with E-state index in [0.717, 1.165) is 12.8 Å². The molecule has 0 aromatic heterocycles. The summed E-state index contributed by atoms with van der Waals surface area (Å²) < 4.78 is 11.7. The van der Waals surface area contributed by atoms with Crippen LogP contribution in [0.1, 0.15) is 24.8 Å². The third-order valence-electron chi connectivity index (χ3n) is 3.13. The van der Waals surface area contributed by atoms with Gasteiger partial charge in [-0.15, -0.1) is 0 Å². The van der Waals surface area contributed by atoms with Gasteiger partial charge in [0.05, 0.1) is 0 Å². The van der Waals surface area contributed by atoms with Gasteiger partial charge in [0.2, 0.25) is 0 Å². The zero-order valence-electron chi connectivity index (χ0n) is 8.97. The van der Waals surface area contributed by atoms with Gasteiger partial charge in [0.25, 0.3) is 0 Å². The molecule has 1 fully saturated rings. The molecule has 0 saturated carbocycles. The van der Waals surface area contributed by atoms with Crippen molar-refractivity contribution < 1.29 is 14.4 Å². The Balaban J connectivity index is 2.47. The lowest BCUT2D eigenvalue weighted by Crippen LogP contribution is -2.45. The van der Waals surface area contributed by atoms with Gasteiger partial charge in [-0.25, -0.2) is 0 Å². The van der Waals surface area contributed by atoms with Crippen LogP contribution in [0.2, 0.25) is 0 Å². The van der Waals surface area contributed by atoms with Crippen LogP contribution in [-0.2, 0) is 9.85 Å². The maximum absolute atomic E-state index is 11.7.